The zero-order chi connectivity index (χ0) is 18.6. The van der Waals surface area contributed by atoms with Crippen LogP contribution in [0.1, 0.15) is 32.1 Å². The fourth-order valence-electron chi connectivity index (χ4n) is 3.27. The standard InChI is InChI=1S/C19H21N5O2S/c25-17(20-14-7-3-1-4-8-14)13-23-19(26)24-16(21-23)11-12-18(22-24)27-15-9-5-2-6-10-15/h1,3-4,7-8,11-12,15H,2,5-6,9-10,13H2,(H,20,25). The number of benzene rings is 1. The number of para-hydroxylation sites is 1. The van der Waals surface area contributed by atoms with Crippen molar-refractivity contribution in [2.75, 3.05) is 5.32 Å². The van der Waals surface area contributed by atoms with Crippen molar-refractivity contribution in [3.8, 4) is 0 Å². The minimum absolute atomic E-state index is 0.151. The summed E-state index contributed by atoms with van der Waals surface area (Å²) in [6.07, 6.45) is 6.21. The zero-order valence-electron chi connectivity index (χ0n) is 14.9. The summed E-state index contributed by atoms with van der Waals surface area (Å²) < 4.78 is 2.43. The summed E-state index contributed by atoms with van der Waals surface area (Å²) in [6.45, 7) is -0.151. The zero-order valence-corrected chi connectivity index (χ0v) is 15.7. The molecule has 0 bridgehead atoms. The molecule has 0 radical (unpaired) electrons. The van der Waals surface area contributed by atoms with Crippen molar-refractivity contribution in [2.45, 2.75) is 48.9 Å². The van der Waals surface area contributed by atoms with E-state index in [4.69, 9.17) is 0 Å². The first kappa shape index (κ1) is 17.8. The first-order chi connectivity index (χ1) is 13.2. The summed E-state index contributed by atoms with van der Waals surface area (Å²) in [5.74, 6) is -0.302. The molecule has 1 aliphatic rings. The smallest absolute Gasteiger partial charge is 0.324 e. The van der Waals surface area contributed by atoms with E-state index in [-0.39, 0.29) is 12.5 Å². The number of anilines is 1. The number of carbonyl (C=O) groups is 1. The van der Waals surface area contributed by atoms with E-state index >= 15 is 0 Å². The van der Waals surface area contributed by atoms with E-state index in [2.05, 4.69) is 15.5 Å². The monoisotopic (exact) mass is 383 g/mol. The van der Waals surface area contributed by atoms with Gasteiger partial charge in [0.05, 0.1) is 0 Å². The molecule has 1 amide bonds. The molecule has 7 nitrogen and oxygen atoms in total. The summed E-state index contributed by atoms with van der Waals surface area (Å²) in [4.78, 5) is 24.8. The van der Waals surface area contributed by atoms with E-state index in [0.717, 1.165) is 9.71 Å². The number of nitrogens with zero attached hydrogens (tertiary/aromatic N) is 4. The van der Waals surface area contributed by atoms with E-state index in [0.29, 0.717) is 16.6 Å². The predicted molar refractivity (Wildman–Crippen MR) is 105 cm³/mol. The van der Waals surface area contributed by atoms with Crippen molar-refractivity contribution in [3.63, 3.8) is 0 Å². The first-order valence-corrected chi connectivity index (χ1v) is 10.1. The molecule has 140 valence electrons. The Balaban J connectivity index is 1.49. The minimum Gasteiger partial charge on any atom is -0.324 e. The van der Waals surface area contributed by atoms with Crippen LogP contribution in [0.2, 0.25) is 0 Å². The highest BCUT2D eigenvalue weighted by atomic mass is 32.2. The van der Waals surface area contributed by atoms with Crippen molar-refractivity contribution >= 4 is 29.0 Å². The Bertz CT molecular complexity index is 992. The molecule has 1 saturated carbocycles. The SMILES string of the molecule is O=C(Cn1nc2ccc(SC3CCCCC3)nn2c1=O)Nc1ccccc1. The Morgan fingerprint density at radius 2 is 1.85 bits per heavy atom. The number of rotatable bonds is 5. The van der Waals surface area contributed by atoms with Gasteiger partial charge < -0.3 is 5.32 Å². The Labute approximate surface area is 160 Å². The van der Waals surface area contributed by atoms with E-state index in [1.54, 1.807) is 30.0 Å². The highest BCUT2D eigenvalue weighted by molar-refractivity contribution is 7.99. The number of nitrogens with one attached hydrogen (secondary N) is 1. The summed E-state index contributed by atoms with van der Waals surface area (Å²) >= 11 is 1.73. The largest absolute Gasteiger partial charge is 0.367 e. The number of aromatic nitrogens is 4. The van der Waals surface area contributed by atoms with Gasteiger partial charge in [-0.2, -0.15) is 9.61 Å². The second-order valence-electron chi connectivity index (χ2n) is 6.67. The van der Waals surface area contributed by atoms with Crippen LogP contribution in [0.3, 0.4) is 0 Å². The van der Waals surface area contributed by atoms with Crippen LogP contribution in [-0.2, 0) is 11.3 Å². The molecule has 0 atom stereocenters. The third-order valence-electron chi connectivity index (χ3n) is 4.61. The van der Waals surface area contributed by atoms with Crippen LogP contribution >= 0.6 is 11.8 Å². The van der Waals surface area contributed by atoms with Gasteiger partial charge in [0.15, 0.2) is 5.65 Å². The third-order valence-corrected chi connectivity index (χ3v) is 5.87. The van der Waals surface area contributed by atoms with Gasteiger partial charge in [-0.05, 0) is 37.1 Å². The molecule has 1 aromatic carbocycles. The quantitative estimate of drug-likeness (QED) is 0.733. The van der Waals surface area contributed by atoms with Gasteiger partial charge >= 0.3 is 5.69 Å². The van der Waals surface area contributed by atoms with E-state index < -0.39 is 5.69 Å². The van der Waals surface area contributed by atoms with Crippen LogP contribution in [0.5, 0.6) is 0 Å². The molecular weight excluding hydrogens is 362 g/mol. The van der Waals surface area contributed by atoms with Gasteiger partial charge in [-0.15, -0.1) is 16.9 Å². The summed E-state index contributed by atoms with van der Waals surface area (Å²) in [7, 11) is 0. The van der Waals surface area contributed by atoms with Gasteiger partial charge in [0, 0.05) is 10.9 Å². The summed E-state index contributed by atoms with van der Waals surface area (Å²) in [5, 5.41) is 12.8. The average molecular weight is 383 g/mol. The number of thioether (sulfide) groups is 1. The molecule has 3 aromatic rings. The van der Waals surface area contributed by atoms with Crippen molar-refractivity contribution in [3.05, 3.63) is 52.9 Å². The maximum absolute atomic E-state index is 12.6. The Morgan fingerprint density at radius 1 is 1.07 bits per heavy atom. The molecule has 8 heteroatoms. The average Bonchev–Trinajstić information content (AvgIpc) is 2.99. The fourth-order valence-corrected chi connectivity index (χ4v) is 4.46. The molecule has 0 aliphatic heterocycles. The lowest BCUT2D eigenvalue weighted by Gasteiger charge is -2.20. The van der Waals surface area contributed by atoms with Crippen LogP contribution in [-0.4, -0.2) is 30.6 Å². The van der Waals surface area contributed by atoms with Gasteiger partial charge in [-0.1, -0.05) is 37.5 Å². The lowest BCUT2D eigenvalue weighted by atomic mass is 10.0. The molecule has 0 unspecified atom stereocenters. The van der Waals surface area contributed by atoms with Gasteiger partial charge in [0.1, 0.15) is 11.6 Å². The molecular formula is C19H21N5O2S. The molecule has 27 heavy (non-hydrogen) atoms. The normalized spacial score (nSPS) is 15.1. The maximum atomic E-state index is 12.6. The molecule has 0 spiro atoms. The molecule has 1 N–H and O–H groups in total. The Morgan fingerprint density at radius 3 is 2.63 bits per heavy atom. The van der Waals surface area contributed by atoms with Crippen molar-refractivity contribution in [1.29, 1.82) is 0 Å². The van der Waals surface area contributed by atoms with Gasteiger partial charge in [0.25, 0.3) is 0 Å². The Kier molecular flexibility index (Phi) is 5.24. The third kappa shape index (κ3) is 4.21. The summed E-state index contributed by atoms with van der Waals surface area (Å²) in [6, 6.07) is 12.8. The minimum atomic E-state index is -0.403. The van der Waals surface area contributed by atoms with Crippen LogP contribution < -0.4 is 11.0 Å². The predicted octanol–water partition coefficient (Wildman–Crippen LogP) is 2.95. The topological polar surface area (TPSA) is 81.3 Å². The highest BCUT2D eigenvalue weighted by Gasteiger charge is 2.17. The summed E-state index contributed by atoms with van der Waals surface area (Å²) in [5.41, 5.74) is 0.725. The second-order valence-corrected chi connectivity index (χ2v) is 7.99. The first-order valence-electron chi connectivity index (χ1n) is 9.17. The highest BCUT2D eigenvalue weighted by Crippen LogP contribution is 2.32. The molecule has 0 saturated heterocycles. The number of fused-ring (bicyclic) bond motifs is 1. The van der Waals surface area contributed by atoms with E-state index in [9.17, 15) is 9.59 Å². The van der Waals surface area contributed by atoms with Gasteiger partial charge in [-0.25, -0.2) is 9.48 Å². The van der Waals surface area contributed by atoms with Crippen molar-refractivity contribution in [1.82, 2.24) is 19.4 Å². The molecule has 4 rings (SSSR count). The molecule has 2 heterocycles. The van der Waals surface area contributed by atoms with Gasteiger partial charge in [-0.3, -0.25) is 4.79 Å². The lowest BCUT2D eigenvalue weighted by molar-refractivity contribution is -0.117. The number of amides is 1. The Hall–Kier alpha value is -2.61. The van der Waals surface area contributed by atoms with Crippen molar-refractivity contribution in [2.24, 2.45) is 0 Å². The number of carbonyl (C=O) groups excluding carboxylic acids is 1. The molecule has 2 aromatic heterocycles. The molecule has 1 fully saturated rings. The van der Waals surface area contributed by atoms with Crippen molar-refractivity contribution < 1.29 is 4.79 Å². The lowest BCUT2D eigenvalue weighted by Crippen LogP contribution is -2.28. The van der Waals surface area contributed by atoms with Crippen LogP contribution in [0.25, 0.3) is 5.65 Å². The number of hydrogen-bond acceptors (Lipinski definition) is 5. The van der Waals surface area contributed by atoms with Crippen LogP contribution in [0.4, 0.5) is 5.69 Å². The van der Waals surface area contributed by atoms with Gasteiger partial charge in [0.2, 0.25) is 5.91 Å². The second kappa shape index (κ2) is 7.96. The molecule has 1 aliphatic carbocycles. The number of hydrogen-bond donors (Lipinski definition) is 1. The van der Waals surface area contributed by atoms with E-state index in [1.807, 2.05) is 24.3 Å². The fraction of sp³-hybridized carbons (Fsp3) is 0.368. The van der Waals surface area contributed by atoms with Crippen LogP contribution in [0.15, 0.2) is 52.3 Å². The maximum Gasteiger partial charge on any atom is 0.367 e. The van der Waals surface area contributed by atoms with E-state index in [1.165, 1.54) is 36.6 Å². The van der Waals surface area contributed by atoms with Crippen LogP contribution in [0, 0.1) is 0 Å².